The van der Waals surface area contributed by atoms with Crippen molar-refractivity contribution in [3.05, 3.63) is 0 Å². The van der Waals surface area contributed by atoms with Crippen LogP contribution in [0.2, 0.25) is 0 Å². The monoisotopic (exact) mass is 281 g/mol. The van der Waals surface area contributed by atoms with E-state index in [-0.39, 0.29) is 5.41 Å². The van der Waals surface area contributed by atoms with Crippen LogP contribution >= 0.6 is 0 Å². The standard InChI is InChI=1S/C16H31N3O/c1-3-14-12-18(2)10-7-11-19(14)15(20)16(13-17)8-5-4-6-9-16/h14H,3-13,17H2,1-2H3. The SMILES string of the molecule is CCC1CN(C)CCCN1C(=O)C1(CN)CCCCC1. The van der Waals surface area contributed by atoms with Crippen LogP contribution in [0.1, 0.15) is 51.9 Å². The molecule has 4 heteroatoms. The molecule has 1 atom stereocenters. The molecule has 1 saturated heterocycles. The van der Waals surface area contributed by atoms with E-state index in [1.54, 1.807) is 0 Å². The van der Waals surface area contributed by atoms with Gasteiger partial charge in [0.25, 0.3) is 0 Å². The summed E-state index contributed by atoms with van der Waals surface area (Å²) in [6.45, 7) is 5.72. The largest absolute Gasteiger partial charge is 0.338 e. The van der Waals surface area contributed by atoms with Crippen molar-refractivity contribution in [1.29, 1.82) is 0 Å². The van der Waals surface area contributed by atoms with Crippen molar-refractivity contribution in [1.82, 2.24) is 9.80 Å². The van der Waals surface area contributed by atoms with Gasteiger partial charge in [0, 0.05) is 25.7 Å². The Labute approximate surface area is 123 Å². The lowest BCUT2D eigenvalue weighted by molar-refractivity contribution is -0.146. The molecule has 1 heterocycles. The Bertz CT molecular complexity index is 326. The van der Waals surface area contributed by atoms with Gasteiger partial charge in [0.2, 0.25) is 5.91 Å². The molecule has 2 rings (SSSR count). The third-order valence-electron chi connectivity index (χ3n) is 5.29. The predicted molar refractivity (Wildman–Crippen MR) is 82.5 cm³/mol. The van der Waals surface area contributed by atoms with Crippen LogP contribution in [0.4, 0.5) is 0 Å². The average Bonchev–Trinajstić information content (AvgIpc) is 2.68. The summed E-state index contributed by atoms with van der Waals surface area (Å²) in [5.41, 5.74) is 5.79. The molecular formula is C16H31N3O. The van der Waals surface area contributed by atoms with Gasteiger partial charge in [-0.15, -0.1) is 0 Å². The first-order chi connectivity index (χ1) is 9.63. The summed E-state index contributed by atoms with van der Waals surface area (Å²) >= 11 is 0. The third kappa shape index (κ3) is 3.17. The number of hydrogen-bond acceptors (Lipinski definition) is 3. The number of rotatable bonds is 3. The lowest BCUT2D eigenvalue weighted by Crippen LogP contribution is -2.53. The maximum Gasteiger partial charge on any atom is 0.230 e. The molecule has 4 nitrogen and oxygen atoms in total. The third-order valence-corrected chi connectivity index (χ3v) is 5.29. The first-order valence-electron chi connectivity index (χ1n) is 8.32. The average molecular weight is 281 g/mol. The fraction of sp³-hybridized carbons (Fsp3) is 0.938. The molecule has 0 aromatic rings. The molecule has 2 aliphatic rings. The summed E-state index contributed by atoms with van der Waals surface area (Å²) in [5.74, 6) is 0.349. The minimum Gasteiger partial charge on any atom is -0.338 e. The molecule has 0 aromatic carbocycles. The molecule has 0 radical (unpaired) electrons. The maximum absolute atomic E-state index is 13.2. The first-order valence-corrected chi connectivity index (χ1v) is 8.32. The minimum absolute atomic E-state index is 0.255. The van der Waals surface area contributed by atoms with Gasteiger partial charge in [-0.1, -0.05) is 26.2 Å². The number of nitrogens with zero attached hydrogens (tertiary/aromatic N) is 2. The normalized spacial score (nSPS) is 28.1. The highest BCUT2D eigenvalue weighted by atomic mass is 16.2. The van der Waals surface area contributed by atoms with E-state index in [9.17, 15) is 4.79 Å². The summed E-state index contributed by atoms with van der Waals surface area (Å²) in [4.78, 5) is 17.7. The molecule has 1 unspecified atom stereocenters. The molecule has 2 fully saturated rings. The van der Waals surface area contributed by atoms with Crippen LogP contribution in [0.5, 0.6) is 0 Å². The Hall–Kier alpha value is -0.610. The Morgan fingerprint density at radius 2 is 1.90 bits per heavy atom. The van der Waals surface area contributed by atoms with Crippen molar-refractivity contribution < 1.29 is 4.79 Å². The quantitative estimate of drug-likeness (QED) is 0.859. The Morgan fingerprint density at radius 1 is 1.20 bits per heavy atom. The van der Waals surface area contributed by atoms with Gasteiger partial charge in [-0.05, 0) is 39.3 Å². The highest BCUT2D eigenvalue weighted by Gasteiger charge is 2.42. The van der Waals surface area contributed by atoms with E-state index >= 15 is 0 Å². The summed E-state index contributed by atoms with van der Waals surface area (Å²) in [6.07, 6.45) is 7.68. The summed E-state index contributed by atoms with van der Waals surface area (Å²) in [7, 11) is 2.16. The van der Waals surface area contributed by atoms with Crippen LogP contribution in [-0.4, -0.2) is 55.0 Å². The van der Waals surface area contributed by atoms with Gasteiger partial charge in [0.15, 0.2) is 0 Å². The van der Waals surface area contributed by atoms with Crippen molar-refractivity contribution >= 4 is 5.91 Å². The Morgan fingerprint density at radius 3 is 2.50 bits per heavy atom. The molecule has 116 valence electrons. The number of carbonyl (C=O) groups excluding carboxylic acids is 1. The lowest BCUT2D eigenvalue weighted by atomic mass is 9.72. The van der Waals surface area contributed by atoms with Crippen LogP contribution in [-0.2, 0) is 4.79 Å². The van der Waals surface area contributed by atoms with E-state index in [0.29, 0.717) is 18.5 Å². The molecule has 0 spiro atoms. The maximum atomic E-state index is 13.2. The fourth-order valence-electron chi connectivity index (χ4n) is 3.90. The molecule has 1 saturated carbocycles. The van der Waals surface area contributed by atoms with Crippen molar-refractivity contribution in [3.63, 3.8) is 0 Å². The zero-order valence-electron chi connectivity index (χ0n) is 13.2. The van der Waals surface area contributed by atoms with E-state index in [0.717, 1.165) is 58.2 Å². The van der Waals surface area contributed by atoms with Crippen molar-refractivity contribution in [2.45, 2.75) is 57.9 Å². The van der Waals surface area contributed by atoms with Gasteiger partial charge in [0.1, 0.15) is 0 Å². The molecule has 1 amide bonds. The highest BCUT2D eigenvalue weighted by molar-refractivity contribution is 5.83. The first kappa shape index (κ1) is 15.8. The number of nitrogens with two attached hydrogens (primary N) is 1. The van der Waals surface area contributed by atoms with Gasteiger partial charge in [-0.3, -0.25) is 4.79 Å². The van der Waals surface area contributed by atoms with E-state index in [4.69, 9.17) is 5.73 Å². The molecule has 1 aliphatic carbocycles. The van der Waals surface area contributed by atoms with Crippen molar-refractivity contribution in [2.24, 2.45) is 11.1 Å². The fourth-order valence-corrected chi connectivity index (χ4v) is 3.90. The van der Waals surface area contributed by atoms with Gasteiger partial charge in [0.05, 0.1) is 5.41 Å². The van der Waals surface area contributed by atoms with Crippen molar-refractivity contribution in [3.8, 4) is 0 Å². The summed E-state index contributed by atoms with van der Waals surface area (Å²) in [6, 6.07) is 0.361. The van der Waals surface area contributed by atoms with Crippen LogP contribution in [0.3, 0.4) is 0 Å². The number of likely N-dealkylation sites (N-methyl/N-ethyl adjacent to an activating group) is 1. The number of carbonyl (C=O) groups is 1. The highest BCUT2D eigenvalue weighted by Crippen LogP contribution is 2.38. The Kier molecular flexibility index (Phi) is 5.44. The van der Waals surface area contributed by atoms with Crippen LogP contribution in [0, 0.1) is 5.41 Å². The number of hydrogen-bond donors (Lipinski definition) is 1. The molecule has 0 bridgehead atoms. The zero-order chi connectivity index (χ0) is 14.6. The molecular weight excluding hydrogens is 250 g/mol. The summed E-state index contributed by atoms with van der Waals surface area (Å²) in [5, 5.41) is 0. The van der Waals surface area contributed by atoms with Gasteiger partial charge in [-0.25, -0.2) is 0 Å². The Balaban J connectivity index is 2.15. The minimum atomic E-state index is -0.255. The molecule has 20 heavy (non-hydrogen) atoms. The molecule has 2 N–H and O–H groups in total. The number of amides is 1. The van der Waals surface area contributed by atoms with E-state index in [2.05, 4.69) is 23.8 Å². The van der Waals surface area contributed by atoms with Crippen LogP contribution in [0.15, 0.2) is 0 Å². The van der Waals surface area contributed by atoms with E-state index < -0.39 is 0 Å². The second-order valence-electron chi connectivity index (χ2n) is 6.72. The van der Waals surface area contributed by atoms with Crippen LogP contribution < -0.4 is 5.73 Å². The summed E-state index contributed by atoms with van der Waals surface area (Å²) < 4.78 is 0. The van der Waals surface area contributed by atoms with E-state index in [1.807, 2.05) is 0 Å². The van der Waals surface area contributed by atoms with E-state index in [1.165, 1.54) is 6.42 Å². The predicted octanol–water partition coefficient (Wildman–Crippen LogP) is 1.84. The van der Waals surface area contributed by atoms with Crippen LogP contribution in [0.25, 0.3) is 0 Å². The zero-order valence-corrected chi connectivity index (χ0v) is 13.2. The van der Waals surface area contributed by atoms with Gasteiger partial charge < -0.3 is 15.5 Å². The molecule has 0 aromatic heterocycles. The van der Waals surface area contributed by atoms with Gasteiger partial charge in [-0.2, -0.15) is 0 Å². The topological polar surface area (TPSA) is 49.6 Å². The van der Waals surface area contributed by atoms with Gasteiger partial charge >= 0.3 is 0 Å². The molecule has 1 aliphatic heterocycles. The van der Waals surface area contributed by atoms with Crippen molar-refractivity contribution in [2.75, 3.05) is 33.2 Å². The second kappa shape index (κ2) is 6.90. The lowest BCUT2D eigenvalue weighted by Gasteiger charge is -2.41. The second-order valence-corrected chi connectivity index (χ2v) is 6.72. The smallest absolute Gasteiger partial charge is 0.230 e.